The van der Waals surface area contributed by atoms with Crippen molar-refractivity contribution in [1.29, 1.82) is 0 Å². The van der Waals surface area contributed by atoms with Gasteiger partial charge >= 0.3 is 0 Å². The quantitative estimate of drug-likeness (QED) is 0.873. The van der Waals surface area contributed by atoms with Crippen molar-refractivity contribution in [1.82, 2.24) is 9.88 Å². The monoisotopic (exact) mass is 316 g/mol. The summed E-state index contributed by atoms with van der Waals surface area (Å²) in [4.78, 5) is 18.4. The molecule has 120 valence electrons. The second kappa shape index (κ2) is 6.75. The number of hydrogen-bond acceptors (Lipinski definition) is 4. The Hall–Kier alpha value is -2.47. The third-order valence-corrected chi connectivity index (χ3v) is 3.82. The van der Waals surface area contributed by atoms with Crippen LogP contribution in [-0.4, -0.2) is 42.6 Å². The molecule has 23 heavy (non-hydrogen) atoms. The Labute approximate surface area is 133 Å². The number of halogens is 1. The van der Waals surface area contributed by atoms with E-state index in [0.717, 1.165) is 5.56 Å². The number of benzene rings is 1. The highest BCUT2D eigenvalue weighted by Gasteiger charge is 2.27. The van der Waals surface area contributed by atoms with Crippen LogP contribution in [0.15, 0.2) is 42.7 Å². The van der Waals surface area contributed by atoms with Crippen LogP contribution in [0.1, 0.15) is 22.0 Å². The summed E-state index contributed by atoms with van der Waals surface area (Å²) in [5.41, 5.74) is 1.19. The molecule has 0 N–H and O–H groups in total. The van der Waals surface area contributed by atoms with Crippen molar-refractivity contribution >= 4 is 5.91 Å². The zero-order chi connectivity index (χ0) is 16.2. The highest BCUT2D eigenvalue weighted by molar-refractivity contribution is 5.97. The minimum atomic E-state index is -0.465. The van der Waals surface area contributed by atoms with Gasteiger partial charge in [-0.3, -0.25) is 9.78 Å². The van der Waals surface area contributed by atoms with Crippen LogP contribution in [0.3, 0.4) is 0 Å². The Morgan fingerprint density at radius 2 is 2.13 bits per heavy atom. The predicted molar refractivity (Wildman–Crippen MR) is 81.8 cm³/mol. The lowest BCUT2D eigenvalue weighted by Gasteiger charge is -2.33. The van der Waals surface area contributed by atoms with Gasteiger partial charge in [0.15, 0.2) is 0 Å². The number of hydrogen-bond donors (Lipinski definition) is 0. The molecule has 6 heteroatoms. The fraction of sp³-hybridized carbons (Fsp3) is 0.294. The third kappa shape index (κ3) is 3.32. The number of carbonyl (C=O) groups excluding carboxylic acids is 1. The maximum absolute atomic E-state index is 13.5. The molecule has 5 nitrogen and oxygen atoms in total. The fourth-order valence-corrected chi connectivity index (χ4v) is 2.63. The first kappa shape index (κ1) is 15.4. The van der Waals surface area contributed by atoms with Crippen LogP contribution in [0.25, 0.3) is 0 Å². The molecule has 1 saturated heterocycles. The van der Waals surface area contributed by atoms with E-state index in [2.05, 4.69) is 4.98 Å². The summed E-state index contributed by atoms with van der Waals surface area (Å²) in [7, 11) is 1.46. The second-order valence-electron chi connectivity index (χ2n) is 5.24. The molecule has 1 atom stereocenters. The summed E-state index contributed by atoms with van der Waals surface area (Å²) >= 11 is 0. The molecule has 0 unspecified atom stereocenters. The van der Waals surface area contributed by atoms with Crippen molar-refractivity contribution < 1.29 is 18.7 Å². The molecule has 1 aromatic carbocycles. The highest BCUT2D eigenvalue weighted by Crippen LogP contribution is 2.26. The number of pyridine rings is 1. The summed E-state index contributed by atoms with van der Waals surface area (Å²) in [6.45, 7) is 1.29. The lowest BCUT2D eigenvalue weighted by Crippen LogP contribution is -2.42. The molecule has 0 radical (unpaired) electrons. The smallest absolute Gasteiger partial charge is 0.257 e. The summed E-state index contributed by atoms with van der Waals surface area (Å²) in [6.07, 6.45) is 3.17. The molecule has 0 spiro atoms. The second-order valence-corrected chi connectivity index (χ2v) is 5.24. The maximum atomic E-state index is 13.5. The standard InChI is InChI=1S/C17H17FN2O3/c1-22-15-3-2-13(18)10-14(15)17(21)20-8-9-23-16(11-20)12-4-6-19-7-5-12/h2-7,10,16H,8-9,11H2,1H3/t16-/m1/s1. The van der Waals surface area contributed by atoms with Crippen molar-refractivity contribution in [3.05, 3.63) is 59.7 Å². The van der Waals surface area contributed by atoms with Gasteiger partial charge in [0, 0.05) is 18.9 Å². The molecule has 1 aliphatic rings. The van der Waals surface area contributed by atoms with E-state index in [1.54, 1.807) is 17.3 Å². The van der Waals surface area contributed by atoms with Gasteiger partial charge < -0.3 is 14.4 Å². The van der Waals surface area contributed by atoms with E-state index in [-0.39, 0.29) is 17.6 Å². The molecule has 1 fully saturated rings. The van der Waals surface area contributed by atoms with E-state index in [4.69, 9.17) is 9.47 Å². The fourth-order valence-electron chi connectivity index (χ4n) is 2.63. The first-order valence-corrected chi connectivity index (χ1v) is 7.33. The molecule has 1 aliphatic heterocycles. The van der Waals surface area contributed by atoms with Gasteiger partial charge in [-0.1, -0.05) is 0 Å². The summed E-state index contributed by atoms with van der Waals surface area (Å²) < 4.78 is 24.4. The molecular formula is C17H17FN2O3. The Morgan fingerprint density at radius 1 is 1.35 bits per heavy atom. The van der Waals surface area contributed by atoms with Gasteiger partial charge in [-0.15, -0.1) is 0 Å². The lowest BCUT2D eigenvalue weighted by molar-refractivity contribution is -0.0229. The predicted octanol–water partition coefficient (Wildman–Crippen LogP) is 2.44. The Morgan fingerprint density at radius 3 is 2.87 bits per heavy atom. The molecule has 2 aromatic rings. The van der Waals surface area contributed by atoms with Gasteiger partial charge in [0.25, 0.3) is 5.91 Å². The zero-order valence-corrected chi connectivity index (χ0v) is 12.7. The number of morpholine rings is 1. The molecule has 2 heterocycles. The lowest BCUT2D eigenvalue weighted by atomic mass is 10.1. The normalized spacial score (nSPS) is 17.8. The average molecular weight is 316 g/mol. The molecule has 1 amide bonds. The largest absolute Gasteiger partial charge is 0.496 e. The number of nitrogens with zero attached hydrogens (tertiary/aromatic N) is 2. The molecule has 0 bridgehead atoms. The van der Waals surface area contributed by atoms with E-state index >= 15 is 0 Å². The number of rotatable bonds is 3. The third-order valence-electron chi connectivity index (χ3n) is 3.82. The van der Waals surface area contributed by atoms with Crippen LogP contribution in [0.4, 0.5) is 4.39 Å². The van der Waals surface area contributed by atoms with E-state index in [1.165, 1.54) is 25.3 Å². The van der Waals surface area contributed by atoms with Gasteiger partial charge in [-0.2, -0.15) is 0 Å². The van der Waals surface area contributed by atoms with E-state index in [0.29, 0.717) is 25.4 Å². The highest BCUT2D eigenvalue weighted by atomic mass is 19.1. The van der Waals surface area contributed by atoms with Crippen molar-refractivity contribution in [2.24, 2.45) is 0 Å². The number of carbonyl (C=O) groups is 1. The molecular weight excluding hydrogens is 299 g/mol. The first-order chi connectivity index (χ1) is 11.2. The summed E-state index contributed by atoms with van der Waals surface area (Å²) in [6, 6.07) is 7.67. The van der Waals surface area contributed by atoms with Gasteiger partial charge in [0.2, 0.25) is 0 Å². The van der Waals surface area contributed by atoms with Crippen molar-refractivity contribution in [2.45, 2.75) is 6.10 Å². The molecule has 0 saturated carbocycles. The van der Waals surface area contributed by atoms with E-state index in [1.807, 2.05) is 12.1 Å². The molecule has 1 aromatic heterocycles. The Kier molecular flexibility index (Phi) is 4.52. The van der Waals surface area contributed by atoms with Crippen LogP contribution in [0.5, 0.6) is 5.75 Å². The SMILES string of the molecule is COc1ccc(F)cc1C(=O)N1CCO[C@@H](c2ccncc2)C1. The number of aromatic nitrogens is 1. The number of amides is 1. The van der Waals surface area contributed by atoms with Gasteiger partial charge in [-0.05, 0) is 35.9 Å². The van der Waals surface area contributed by atoms with Crippen LogP contribution in [0.2, 0.25) is 0 Å². The van der Waals surface area contributed by atoms with E-state index in [9.17, 15) is 9.18 Å². The van der Waals surface area contributed by atoms with E-state index < -0.39 is 5.82 Å². The summed E-state index contributed by atoms with van der Waals surface area (Å²) in [5, 5.41) is 0. The minimum Gasteiger partial charge on any atom is -0.496 e. The number of ether oxygens (including phenoxy) is 2. The van der Waals surface area contributed by atoms with Crippen LogP contribution >= 0.6 is 0 Å². The number of methoxy groups -OCH3 is 1. The topological polar surface area (TPSA) is 51.7 Å². The van der Waals surface area contributed by atoms with Crippen molar-refractivity contribution in [3.8, 4) is 5.75 Å². The Bertz CT molecular complexity index is 693. The Balaban J connectivity index is 1.81. The van der Waals surface area contributed by atoms with Crippen LogP contribution < -0.4 is 4.74 Å². The molecule has 0 aliphatic carbocycles. The average Bonchev–Trinajstić information content (AvgIpc) is 2.62. The van der Waals surface area contributed by atoms with Gasteiger partial charge in [0.1, 0.15) is 17.7 Å². The molecule has 3 rings (SSSR count). The van der Waals surface area contributed by atoms with Gasteiger partial charge in [0.05, 0.1) is 25.8 Å². The minimum absolute atomic E-state index is 0.213. The summed E-state index contributed by atoms with van der Waals surface area (Å²) in [5.74, 6) is -0.361. The van der Waals surface area contributed by atoms with Gasteiger partial charge in [-0.25, -0.2) is 4.39 Å². The first-order valence-electron chi connectivity index (χ1n) is 7.33. The van der Waals surface area contributed by atoms with Crippen molar-refractivity contribution in [3.63, 3.8) is 0 Å². The maximum Gasteiger partial charge on any atom is 0.257 e. The zero-order valence-electron chi connectivity index (χ0n) is 12.7. The van der Waals surface area contributed by atoms with Crippen molar-refractivity contribution in [2.75, 3.05) is 26.8 Å². The van der Waals surface area contributed by atoms with Crippen LogP contribution in [-0.2, 0) is 4.74 Å². The van der Waals surface area contributed by atoms with Crippen LogP contribution in [0, 0.1) is 5.82 Å².